The number of aromatic nitrogens is 2. The molecule has 0 spiro atoms. The van der Waals surface area contributed by atoms with E-state index in [0.717, 1.165) is 15.7 Å². The maximum atomic E-state index is 12.8. The number of rotatable bonds is 5. The molecule has 0 bridgehead atoms. The van der Waals surface area contributed by atoms with Crippen molar-refractivity contribution in [2.75, 3.05) is 5.32 Å². The molecule has 1 atom stereocenters. The number of para-hydroxylation sites is 1. The number of aryl methyl sites for hydroxylation is 1. The van der Waals surface area contributed by atoms with Gasteiger partial charge in [0.05, 0.1) is 16.2 Å². The Morgan fingerprint density at radius 1 is 1.30 bits per heavy atom. The van der Waals surface area contributed by atoms with Crippen LogP contribution in [0.4, 0.5) is 5.69 Å². The van der Waals surface area contributed by atoms with Crippen LogP contribution in [-0.4, -0.2) is 20.7 Å². The molecule has 0 saturated heterocycles. The lowest BCUT2D eigenvalue weighted by molar-refractivity contribution is -0.115. The van der Waals surface area contributed by atoms with Gasteiger partial charge in [0.1, 0.15) is 0 Å². The van der Waals surface area contributed by atoms with Crippen molar-refractivity contribution in [3.05, 3.63) is 62.9 Å². The fraction of sp³-hybridized carbons (Fsp3) is 0.250. The number of hydrogen-bond acceptors (Lipinski definition) is 4. The molecule has 0 aliphatic heterocycles. The Kier molecular flexibility index (Phi) is 6.01. The van der Waals surface area contributed by atoms with Gasteiger partial charge in [-0.15, -0.1) is 0 Å². The zero-order valence-corrected chi connectivity index (χ0v) is 17.7. The smallest absolute Gasteiger partial charge is 0.262 e. The van der Waals surface area contributed by atoms with Gasteiger partial charge in [-0.1, -0.05) is 45.9 Å². The molecule has 5 nitrogen and oxygen atoms in total. The van der Waals surface area contributed by atoms with Gasteiger partial charge in [0.25, 0.3) is 5.56 Å². The minimum Gasteiger partial charge on any atom is -0.325 e. The van der Waals surface area contributed by atoms with Crippen LogP contribution in [0.2, 0.25) is 0 Å². The van der Waals surface area contributed by atoms with Crippen LogP contribution in [0.15, 0.2) is 56.9 Å². The third-order valence-corrected chi connectivity index (χ3v) is 5.84. The molecule has 1 heterocycles. The van der Waals surface area contributed by atoms with Crippen molar-refractivity contribution in [2.45, 2.75) is 37.7 Å². The van der Waals surface area contributed by atoms with Gasteiger partial charge in [0, 0.05) is 16.7 Å². The Morgan fingerprint density at radius 2 is 2.04 bits per heavy atom. The van der Waals surface area contributed by atoms with Crippen molar-refractivity contribution in [3.63, 3.8) is 0 Å². The van der Waals surface area contributed by atoms with Gasteiger partial charge in [-0.25, -0.2) is 4.98 Å². The number of nitrogens with one attached hydrogen (secondary N) is 1. The van der Waals surface area contributed by atoms with Crippen LogP contribution >= 0.6 is 27.7 Å². The Hall–Kier alpha value is -2.12. The van der Waals surface area contributed by atoms with E-state index in [1.807, 2.05) is 57.2 Å². The van der Waals surface area contributed by atoms with Crippen molar-refractivity contribution in [3.8, 4) is 0 Å². The average Bonchev–Trinajstić information content (AvgIpc) is 2.64. The lowest BCUT2D eigenvalue weighted by atomic mass is 10.2. The highest BCUT2D eigenvalue weighted by atomic mass is 79.9. The van der Waals surface area contributed by atoms with E-state index in [1.54, 1.807) is 10.6 Å². The normalized spacial score (nSPS) is 12.1. The largest absolute Gasteiger partial charge is 0.325 e. The molecule has 0 aliphatic carbocycles. The number of anilines is 1. The van der Waals surface area contributed by atoms with E-state index in [9.17, 15) is 9.59 Å². The molecule has 3 aromatic rings. The van der Waals surface area contributed by atoms with Gasteiger partial charge in [-0.05, 0) is 50.6 Å². The topological polar surface area (TPSA) is 64.0 Å². The van der Waals surface area contributed by atoms with Gasteiger partial charge >= 0.3 is 0 Å². The first-order valence-electron chi connectivity index (χ1n) is 8.64. The van der Waals surface area contributed by atoms with Crippen LogP contribution in [-0.2, 0) is 11.3 Å². The summed E-state index contributed by atoms with van der Waals surface area (Å²) in [7, 11) is 0. The predicted octanol–water partition coefficient (Wildman–Crippen LogP) is 4.61. The van der Waals surface area contributed by atoms with Crippen LogP contribution in [0.3, 0.4) is 0 Å². The Labute approximate surface area is 170 Å². The van der Waals surface area contributed by atoms with Crippen molar-refractivity contribution < 1.29 is 4.79 Å². The summed E-state index contributed by atoms with van der Waals surface area (Å²) in [6.45, 7) is 6.15. The number of amides is 1. The Morgan fingerprint density at radius 3 is 2.74 bits per heavy atom. The monoisotopic (exact) mass is 445 g/mol. The van der Waals surface area contributed by atoms with Gasteiger partial charge in [-0.3, -0.25) is 14.2 Å². The highest BCUT2D eigenvalue weighted by molar-refractivity contribution is 9.10. The standard InChI is InChI=1S/C20H20BrN3O2S/c1-4-24-19(26)15-11-14(21)9-10-17(15)23-20(24)27-13(3)18(25)22-16-8-6-5-7-12(16)2/h5-11,13H,4H2,1-3H3,(H,22,25). The van der Waals surface area contributed by atoms with E-state index in [1.165, 1.54) is 11.8 Å². The lowest BCUT2D eigenvalue weighted by Gasteiger charge is -2.16. The number of carbonyl (C=O) groups excluding carboxylic acids is 1. The number of fused-ring (bicyclic) bond motifs is 1. The second-order valence-electron chi connectivity index (χ2n) is 6.17. The summed E-state index contributed by atoms with van der Waals surface area (Å²) >= 11 is 4.68. The van der Waals surface area contributed by atoms with Gasteiger partial charge in [-0.2, -0.15) is 0 Å². The third-order valence-electron chi connectivity index (χ3n) is 4.25. The van der Waals surface area contributed by atoms with Crippen molar-refractivity contribution in [1.29, 1.82) is 0 Å². The maximum absolute atomic E-state index is 12.8. The fourth-order valence-electron chi connectivity index (χ4n) is 2.70. The molecule has 0 radical (unpaired) electrons. The van der Waals surface area contributed by atoms with Gasteiger partial charge in [0.2, 0.25) is 5.91 Å². The molecule has 27 heavy (non-hydrogen) atoms. The average molecular weight is 446 g/mol. The second kappa shape index (κ2) is 8.27. The molecule has 1 N–H and O–H groups in total. The molecule has 140 valence electrons. The van der Waals surface area contributed by atoms with Gasteiger partial charge < -0.3 is 5.32 Å². The van der Waals surface area contributed by atoms with Crippen LogP contribution in [0.1, 0.15) is 19.4 Å². The summed E-state index contributed by atoms with van der Waals surface area (Å²) in [6.07, 6.45) is 0. The molecule has 0 aliphatic rings. The summed E-state index contributed by atoms with van der Waals surface area (Å²) in [5.41, 5.74) is 2.32. The van der Waals surface area contributed by atoms with E-state index >= 15 is 0 Å². The highest BCUT2D eigenvalue weighted by Gasteiger charge is 2.19. The summed E-state index contributed by atoms with van der Waals surface area (Å²) in [4.78, 5) is 30.0. The van der Waals surface area contributed by atoms with E-state index in [2.05, 4.69) is 26.2 Å². The molecule has 0 saturated carbocycles. The summed E-state index contributed by atoms with van der Waals surface area (Å²) in [5.74, 6) is -0.123. The molecule has 0 fully saturated rings. The van der Waals surface area contributed by atoms with Crippen LogP contribution < -0.4 is 10.9 Å². The van der Waals surface area contributed by atoms with Crippen molar-refractivity contribution >= 4 is 50.2 Å². The minimum atomic E-state index is -0.401. The number of halogens is 1. The third kappa shape index (κ3) is 4.25. The molecular weight excluding hydrogens is 426 g/mol. The highest BCUT2D eigenvalue weighted by Crippen LogP contribution is 2.25. The maximum Gasteiger partial charge on any atom is 0.262 e. The quantitative estimate of drug-likeness (QED) is 0.460. The minimum absolute atomic E-state index is 0.0992. The first kappa shape index (κ1) is 19.6. The zero-order chi connectivity index (χ0) is 19.6. The zero-order valence-electron chi connectivity index (χ0n) is 15.3. The molecule has 3 rings (SSSR count). The summed E-state index contributed by atoms with van der Waals surface area (Å²) in [6, 6.07) is 13.1. The van der Waals surface area contributed by atoms with Crippen molar-refractivity contribution in [2.24, 2.45) is 0 Å². The lowest BCUT2D eigenvalue weighted by Crippen LogP contribution is -2.26. The van der Waals surface area contributed by atoms with Crippen LogP contribution in [0.25, 0.3) is 10.9 Å². The number of nitrogens with zero attached hydrogens (tertiary/aromatic N) is 2. The van der Waals surface area contributed by atoms with E-state index in [-0.39, 0.29) is 11.5 Å². The molecular formula is C20H20BrN3O2S. The first-order valence-corrected chi connectivity index (χ1v) is 10.3. The number of hydrogen-bond donors (Lipinski definition) is 1. The SMILES string of the molecule is CCn1c(SC(C)C(=O)Nc2ccccc2C)nc2ccc(Br)cc2c1=O. The fourth-order valence-corrected chi connectivity index (χ4v) is 4.03. The van der Waals surface area contributed by atoms with E-state index in [0.29, 0.717) is 22.6 Å². The van der Waals surface area contributed by atoms with Gasteiger partial charge in [0.15, 0.2) is 5.16 Å². The van der Waals surface area contributed by atoms with Crippen LogP contribution in [0, 0.1) is 6.92 Å². The van der Waals surface area contributed by atoms with E-state index < -0.39 is 5.25 Å². The summed E-state index contributed by atoms with van der Waals surface area (Å²) in [5, 5.41) is 3.65. The Balaban J connectivity index is 1.89. The first-order chi connectivity index (χ1) is 12.9. The second-order valence-corrected chi connectivity index (χ2v) is 8.39. The molecule has 1 aromatic heterocycles. The number of carbonyl (C=O) groups is 1. The molecule has 2 aromatic carbocycles. The molecule has 1 amide bonds. The van der Waals surface area contributed by atoms with E-state index in [4.69, 9.17) is 0 Å². The van der Waals surface area contributed by atoms with Crippen LogP contribution in [0.5, 0.6) is 0 Å². The Bertz CT molecular complexity index is 1060. The summed E-state index contributed by atoms with van der Waals surface area (Å²) < 4.78 is 2.44. The molecule has 7 heteroatoms. The molecule has 1 unspecified atom stereocenters. The number of thioether (sulfide) groups is 1. The van der Waals surface area contributed by atoms with Crippen molar-refractivity contribution in [1.82, 2.24) is 9.55 Å². The number of benzene rings is 2. The predicted molar refractivity (Wildman–Crippen MR) is 115 cm³/mol.